The zero-order chi connectivity index (χ0) is 17.5. The first-order valence-electron chi connectivity index (χ1n) is 8.86. The van der Waals surface area contributed by atoms with Crippen LogP contribution in [0.25, 0.3) is 22.4 Å². The lowest BCUT2D eigenvalue weighted by Crippen LogP contribution is -2.37. The SMILES string of the molecule is Nc1ncc(-c2nc(N3CCOCC3)c3ncc(C4CC4)cc3n2)cn1. The first kappa shape index (κ1) is 15.4. The van der Waals surface area contributed by atoms with Crippen LogP contribution in [0.1, 0.15) is 24.3 Å². The number of nitrogens with zero attached hydrogens (tertiary/aromatic N) is 6. The summed E-state index contributed by atoms with van der Waals surface area (Å²) in [5.74, 6) is 2.29. The standard InChI is InChI=1S/C18H19N7O/c19-18-21-9-13(10-22-18)16-23-14-7-12(11-1-2-11)8-20-15(14)17(24-16)25-3-5-26-6-4-25/h7-11H,1-6H2,(H2,19,21,22). The monoisotopic (exact) mass is 349 g/mol. The van der Waals surface area contributed by atoms with Gasteiger partial charge in [0.2, 0.25) is 5.95 Å². The number of nitrogen functional groups attached to an aromatic ring is 1. The number of anilines is 2. The van der Waals surface area contributed by atoms with Gasteiger partial charge in [0.25, 0.3) is 0 Å². The second kappa shape index (κ2) is 6.14. The molecule has 0 spiro atoms. The quantitative estimate of drug-likeness (QED) is 0.763. The summed E-state index contributed by atoms with van der Waals surface area (Å²) in [5.41, 5.74) is 9.29. The van der Waals surface area contributed by atoms with Crippen LogP contribution in [0, 0.1) is 0 Å². The van der Waals surface area contributed by atoms with E-state index in [9.17, 15) is 0 Å². The molecule has 8 heteroatoms. The van der Waals surface area contributed by atoms with E-state index >= 15 is 0 Å². The summed E-state index contributed by atoms with van der Waals surface area (Å²) in [6, 6.07) is 2.15. The highest BCUT2D eigenvalue weighted by atomic mass is 16.5. The molecular weight excluding hydrogens is 330 g/mol. The normalized spacial score (nSPS) is 17.6. The fourth-order valence-corrected chi connectivity index (χ4v) is 3.24. The number of aromatic nitrogens is 5. The third kappa shape index (κ3) is 2.82. The maximum Gasteiger partial charge on any atom is 0.219 e. The Morgan fingerprint density at radius 1 is 1.00 bits per heavy atom. The largest absolute Gasteiger partial charge is 0.378 e. The van der Waals surface area contributed by atoms with E-state index in [1.807, 2.05) is 6.20 Å². The maximum absolute atomic E-state index is 5.61. The highest BCUT2D eigenvalue weighted by molar-refractivity contribution is 5.88. The van der Waals surface area contributed by atoms with Crippen molar-refractivity contribution >= 4 is 22.8 Å². The van der Waals surface area contributed by atoms with Gasteiger partial charge in [-0.15, -0.1) is 0 Å². The number of pyridine rings is 1. The van der Waals surface area contributed by atoms with Crippen LogP contribution in [0.15, 0.2) is 24.7 Å². The lowest BCUT2D eigenvalue weighted by atomic mass is 10.1. The maximum atomic E-state index is 5.61. The number of hydrogen-bond acceptors (Lipinski definition) is 8. The van der Waals surface area contributed by atoms with Crippen LogP contribution >= 0.6 is 0 Å². The third-order valence-corrected chi connectivity index (χ3v) is 4.83. The molecule has 2 N–H and O–H groups in total. The Morgan fingerprint density at radius 2 is 1.77 bits per heavy atom. The molecule has 26 heavy (non-hydrogen) atoms. The van der Waals surface area contributed by atoms with Gasteiger partial charge in [0.15, 0.2) is 11.6 Å². The van der Waals surface area contributed by atoms with E-state index in [2.05, 4.69) is 20.9 Å². The van der Waals surface area contributed by atoms with Gasteiger partial charge < -0.3 is 15.4 Å². The lowest BCUT2D eigenvalue weighted by molar-refractivity contribution is 0.122. The Balaban J connectivity index is 1.67. The van der Waals surface area contributed by atoms with E-state index in [-0.39, 0.29) is 5.95 Å². The summed E-state index contributed by atoms with van der Waals surface area (Å²) in [6.07, 6.45) is 7.75. The minimum Gasteiger partial charge on any atom is -0.378 e. The molecule has 1 aliphatic carbocycles. The minimum atomic E-state index is 0.237. The van der Waals surface area contributed by atoms with Gasteiger partial charge in [-0.25, -0.2) is 19.9 Å². The highest BCUT2D eigenvalue weighted by Crippen LogP contribution is 2.40. The minimum absolute atomic E-state index is 0.237. The van der Waals surface area contributed by atoms with Crippen molar-refractivity contribution in [3.05, 3.63) is 30.2 Å². The molecule has 2 fully saturated rings. The van der Waals surface area contributed by atoms with Crippen molar-refractivity contribution in [1.29, 1.82) is 0 Å². The van der Waals surface area contributed by atoms with Gasteiger partial charge in [-0.05, 0) is 30.4 Å². The molecule has 132 valence electrons. The van der Waals surface area contributed by atoms with Crippen LogP contribution in [0.3, 0.4) is 0 Å². The number of hydrogen-bond donors (Lipinski definition) is 1. The molecular formula is C18H19N7O. The van der Waals surface area contributed by atoms with Crippen molar-refractivity contribution < 1.29 is 4.74 Å². The van der Waals surface area contributed by atoms with Gasteiger partial charge in [-0.3, -0.25) is 4.98 Å². The molecule has 8 nitrogen and oxygen atoms in total. The van der Waals surface area contributed by atoms with Gasteiger partial charge in [0.1, 0.15) is 5.52 Å². The topological polar surface area (TPSA) is 103 Å². The average Bonchev–Trinajstić information content (AvgIpc) is 3.53. The second-order valence-electron chi connectivity index (χ2n) is 6.71. The smallest absolute Gasteiger partial charge is 0.219 e. The zero-order valence-corrected chi connectivity index (χ0v) is 14.3. The van der Waals surface area contributed by atoms with Crippen molar-refractivity contribution in [2.24, 2.45) is 0 Å². The van der Waals surface area contributed by atoms with Crippen LogP contribution in [-0.2, 0) is 4.74 Å². The Morgan fingerprint density at radius 3 is 2.50 bits per heavy atom. The van der Waals surface area contributed by atoms with Crippen LogP contribution in [0.2, 0.25) is 0 Å². The van der Waals surface area contributed by atoms with Gasteiger partial charge in [0, 0.05) is 31.7 Å². The predicted molar refractivity (Wildman–Crippen MR) is 97.8 cm³/mol. The second-order valence-corrected chi connectivity index (χ2v) is 6.71. The van der Waals surface area contributed by atoms with E-state index < -0.39 is 0 Å². The van der Waals surface area contributed by atoms with Crippen molar-refractivity contribution in [3.8, 4) is 11.4 Å². The molecule has 0 amide bonds. The van der Waals surface area contributed by atoms with Crippen LogP contribution < -0.4 is 10.6 Å². The fraction of sp³-hybridized carbons (Fsp3) is 0.389. The fourth-order valence-electron chi connectivity index (χ4n) is 3.24. The molecule has 4 heterocycles. The Kier molecular flexibility index (Phi) is 3.63. The van der Waals surface area contributed by atoms with E-state index in [0.717, 1.165) is 35.5 Å². The first-order valence-corrected chi connectivity index (χ1v) is 8.86. The summed E-state index contributed by atoms with van der Waals surface area (Å²) in [5, 5.41) is 0. The van der Waals surface area contributed by atoms with E-state index in [1.54, 1.807) is 12.4 Å². The lowest BCUT2D eigenvalue weighted by Gasteiger charge is -2.28. The number of fused-ring (bicyclic) bond motifs is 1. The summed E-state index contributed by atoms with van der Waals surface area (Å²) in [7, 11) is 0. The molecule has 0 radical (unpaired) electrons. The molecule has 1 saturated heterocycles. The molecule has 2 aliphatic rings. The molecule has 0 atom stereocenters. The first-order chi connectivity index (χ1) is 12.8. The summed E-state index contributed by atoms with van der Waals surface area (Å²) < 4.78 is 5.48. The Bertz CT molecular complexity index is 950. The van der Waals surface area contributed by atoms with Crippen LogP contribution in [0.5, 0.6) is 0 Å². The molecule has 1 saturated carbocycles. The van der Waals surface area contributed by atoms with Gasteiger partial charge in [-0.1, -0.05) is 0 Å². The molecule has 3 aromatic rings. The number of ether oxygens (including phenoxy) is 1. The number of morpholine rings is 1. The summed E-state index contributed by atoms with van der Waals surface area (Å²) >= 11 is 0. The average molecular weight is 349 g/mol. The molecule has 5 rings (SSSR count). The molecule has 1 aliphatic heterocycles. The highest BCUT2D eigenvalue weighted by Gasteiger charge is 2.25. The van der Waals surface area contributed by atoms with Gasteiger partial charge >= 0.3 is 0 Å². The number of nitrogens with two attached hydrogens (primary N) is 1. The zero-order valence-electron chi connectivity index (χ0n) is 14.3. The Labute approximate surface area is 150 Å². The van der Waals surface area contributed by atoms with Crippen molar-refractivity contribution in [2.75, 3.05) is 36.9 Å². The van der Waals surface area contributed by atoms with Gasteiger partial charge in [-0.2, -0.15) is 0 Å². The van der Waals surface area contributed by atoms with Crippen LogP contribution in [0.4, 0.5) is 11.8 Å². The molecule has 3 aromatic heterocycles. The number of rotatable bonds is 3. The van der Waals surface area contributed by atoms with E-state index in [1.165, 1.54) is 18.4 Å². The van der Waals surface area contributed by atoms with Gasteiger partial charge in [0.05, 0.1) is 24.3 Å². The Hall–Kier alpha value is -2.87. The molecule has 0 bridgehead atoms. The van der Waals surface area contributed by atoms with Crippen molar-refractivity contribution in [1.82, 2.24) is 24.9 Å². The van der Waals surface area contributed by atoms with Crippen molar-refractivity contribution in [2.45, 2.75) is 18.8 Å². The van der Waals surface area contributed by atoms with E-state index in [0.29, 0.717) is 25.0 Å². The molecule has 0 aromatic carbocycles. The van der Waals surface area contributed by atoms with Crippen LogP contribution in [-0.4, -0.2) is 51.2 Å². The third-order valence-electron chi connectivity index (χ3n) is 4.83. The van der Waals surface area contributed by atoms with Crippen molar-refractivity contribution in [3.63, 3.8) is 0 Å². The molecule has 0 unspecified atom stereocenters. The summed E-state index contributed by atoms with van der Waals surface area (Å²) in [4.78, 5) is 24.6. The van der Waals surface area contributed by atoms with E-state index in [4.69, 9.17) is 25.4 Å². The predicted octanol–water partition coefficient (Wildman–Crippen LogP) is 1.78. The summed E-state index contributed by atoms with van der Waals surface area (Å²) in [6.45, 7) is 2.95.